The van der Waals surface area contributed by atoms with Gasteiger partial charge in [-0.05, 0) is 37.3 Å². The third-order valence-electron chi connectivity index (χ3n) is 5.69. The zero-order chi connectivity index (χ0) is 20.4. The van der Waals surface area contributed by atoms with Crippen molar-refractivity contribution in [2.45, 2.75) is 19.5 Å². The Morgan fingerprint density at radius 1 is 1.07 bits per heavy atom. The molecular weight excluding hydrogens is 380 g/mol. The van der Waals surface area contributed by atoms with E-state index in [1.807, 2.05) is 19.1 Å². The molecule has 2 heterocycles. The van der Waals surface area contributed by atoms with E-state index in [9.17, 15) is 13.6 Å². The molecule has 0 aromatic heterocycles. The Kier molecular flexibility index (Phi) is 5.64. The minimum Gasteiger partial charge on any atom is -0.454 e. The Labute approximate surface area is 168 Å². The molecule has 4 rings (SSSR count). The van der Waals surface area contributed by atoms with Crippen molar-refractivity contribution >= 4 is 11.6 Å². The molecule has 1 saturated heterocycles. The lowest BCUT2D eigenvalue weighted by molar-refractivity contribution is -1.02. The van der Waals surface area contributed by atoms with Crippen LogP contribution >= 0.6 is 0 Å². The quantitative estimate of drug-likeness (QED) is 0.657. The second kappa shape index (κ2) is 8.34. The molecule has 0 aliphatic carbocycles. The molecule has 0 saturated carbocycles. The first-order valence-electron chi connectivity index (χ1n) is 9.82. The molecule has 29 heavy (non-hydrogen) atoms. The lowest BCUT2D eigenvalue weighted by Gasteiger charge is -2.32. The molecule has 0 spiro atoms. The van der Waals surface area contributed by atoms with Crippen LogP contribution < -0.4 is 24.6 Å². The Hall–Kier alpha value is -2.71. The van der Waals surface area contributed by atoms with Crippen molar-refractivity contribution in [2.24, 2.45) is 0 Å². The monoisotopic (exact) mass is 405 g/mol. The van der Waals surface area contributed by atoms with E-state index in [4.69, 9.17) is 9.47 Å². The standard InChI is InChI=1S/C21H23F2N3O3/c1-14(21(27)24-18-4-3-16(22)11-17(18)23)26-8-6-25(7-9-26)12-15-2-5-19-20(10-15)29-13-28-19/h2-5,10-11,14H,6-9,12-13H2,1H3,(H,24,27)/p+2/t14-/m1/s1. The van der Waals surface area contributed by atoms with Crippen LogP contribution in [0.15, 0.2) is 36.4 Å². The van der Waals surface area contributed by atoms with Crippen LogP contribution in [0.4, 0.5) is 14.5 Å². The molecule has 6 nitrogen and oxygen atoms in total. The van der Waals surface area contributed by atoms with Gasteiger partial charge < -0.3 is 24.6 Å². The summed E-state index contributed by atoms with van der Waals surface area (Å²) >= 11 is 0. The minimum atomic E-state index is -0.765. The first kappa shape index (κ1) is 19.6. The van der Waals surface area contributed by atoms with Crippen LogP contribution in [0, 0.1) is 11.6 Å². The number of ether oxygens (including phenoxy) is 2. The van der Waals surface area contributed by atoms with Crippen LogP contribution in [0.1, 0.15) is 12.5 Å². The number of amides is 1. The SMILES string of the molecule is C[C@H](C(=O)Nc1ccc(F)cc1F)[NH+]1CC[NH+](Cc2ccc3c(c2)OCO3)CC1. The number of halogens is 2. The van der Waals surface area contributed by atoms with Gasteiger partial charge >= 0.3 is 0 Å². The summed E-state index contributed by atoms with van der Waals surface area (Å²) in [6.07, 6.45) is 0. The fraction of sp³-hybridized carbons (Fsp3) is 0.381. The largest absolute Gasteiger partial charge is 0.454 e. The predicted molar refractivity (Wildman–Crippen MR) is 102 cm³/mol. The number of benzene rings is 2. The van der Waals surface area contributed by atoms with Crippen LogP contribution in [0.3, 0.4) is 0 Å². The fourth-order valence-corrected chi connectivity index (χ4v) is 3.89. The molecule has 2 aromatic rings. The molecule has 8 heteroatoms. The van der Waals surface area contributed by atoms with E-state index >= 15 is 0 Å². The number of quaternary nitrogens is 2. The van der Waals surface area contributed by atoms with Crippen LogP contribution in [-0.2, 0) is 11.3 Å². The zero-order valence-electron chi connectivity index (χ0n) is 16.3. The molecule has 2 aliphatic rings. The summed E-state index contributed by atoms with van der Waals surface area (Å²) in [4.78, 5) is 15.1. The van der Waals surface area contributed by atoms with Crippen molar-refractivity contribution in [3.63, 3.8) is 0 Å². The van der Waals surface area contributed by atoms with Gasteiger partial charge in [-0.2, -0.15) is 0 Å². The topological polar surface area (TPSA) is 56.4 Å². The van der Waals surface area contributed by atoms with Gasteiger partial charge in [0.15, 0.2) is 17.5 Å². The summed E-state index contributed by atoms with van der Waals surface area (Å²) in [5, 5.41) is 2.58. The highest BCUT2D eigenvalue weighted by Crippen LogP contribution is 2.32. The van der Waals surface area contributed by atoms with E-state index in [1.165, 1.54) is 21.4 Å². The average Bonchev–Trinajstić information content (AvgIpc) is 3.18. The summed E-state index contributed by atoms with van der Waals surface area (Å²) in [5.41, 5.74) is 1.21. The van der Waals surface area contributed by atoms with E-state index < -0.39 is 11.6 Å². The number of carbonyl (C=O) groups is 1. The maximum Gasteiger partial charge on any atom is 0.282 e. The molecule has 1 amide bonds. The van der Waals surface area contributed by atoms with Crippen LogP contribution in [0.25, 0.3) is 0 Å². The summed E-state index contributed by atoms with van der Waals surface area (Å²) in [6, 6.07) is 8.87. The van der Waals surface area contributed by atoms with Crippen molar-refractivity contribution in [3.05, 3.63) is 53.6 Å². The number of rotatable bonds is 5. The third kappa shape index (κ3) is 4.49. The number of piperazine rings is 1. The van der Waals surface area contributed by atoms with Gasteiger partial charge in [-0.15, -0.1) is 0 Å². The first-order chi connectivity index (χ1) is 14.0. The van der Waals surface area contributed by atoms with Crippen LogP contribution in [0.2, 0.25) is 0 Å². The van der Waals surface area contributed by atoms with Gasteiger partial charge in [-0.1, -0.05) is 0 Å². The lowest BCUT2D eigenvalue weighted by atomic mass is 10.1. The number of anilines is 1. The van der Waals surface area contributed by atoms with Crippen molar-refractivity contribution in [2.75, 3.05) is 38.3 Å². The molecule has 0 bridgehead atoms. The van der Waals surface area contributed by atoms with Gasteiger partial charge in [0.25, 0.3) is 5.91 Å². The van der Waals surface area contributed by atoms with Crippen molar-refractivity contribution in [1.29, 1.82) is 0 Å². The second-order valence-electron chi connectivity index (χ2n) is 7.61. The predicted octanol–water partition coefficient (Wildman–Crippen LogP) is 0.00410. The van der Waals surface area contributed by atoms with Gasteiger partial charge in [-0.25, -0.2) is 8.78 Å². The Morgan fingerprint density at radius 3 is 2.59 bits per heavy atom. The van der Waals surface area contributed by atoms with E-state index in [2.05, 4.69) is 11.4 Å². The highest BCUT2D eigenvalue weighted by atomic mass is 19.1. The van der Waals surface area contributed by atoms with Crippen LogP contribution in [0.5, 0.6) is 11.5 Å². The summed E-state index contributed by atoms with van der Waals surface area (Å²) in [6.45, 7) is 6.58. The average molecular weight is 405 g/mol. The molecule has 1 atom stereocenters. The van der Waals surface area contributed by atoms with Gasteiger partial charge in [0, 0.05) is 11.6 Å². The summed E-state index contributed by atoms with van der Waals surface area (Å²) in [7, 11) is 0. The van der Waals surface area contributed by atoms with E-state index in [-0.39, 0.29) is 24.4 Å². The highest BCUT2D eigenvalue weighted by Gasteiger charge is 2.31. The maximum absolute atomic E-state index is 13.8. The van der Waals surface area contributed by atoms with Crippen LogP contribution in [-0.4, -0.2) is 44.9 Å². The van der Waals surface area contributed by atoms with E-state index in [0.29, 0.717) is 0 Å². The Bertz CT molecular complexity index is 901. The lowest BCUT2D eigenvalue weighted by Crippen LogP contribution is -3.29. The summed E-state index contributed by atoms with van der Waals surface area (Å²) < 4.78 is 37.6. The number of hydrogen-bond acceptors (Lipinski definition) is 3. The van der Waals surface area contributed by atoms with Gasteiger partial charge in [0.1, 0.15) is 44.4 Å². The van der Waals surface area contributed by atoms with Gasteiger partial charge in [0.05, 0.1) is 5.69 Å². The molecule has 154 valence electrons. The van der Waals surface area contributed by atoms with E-state index in [0.717, 1.165) is 56.4 Å². The molecule has 0 radical (unpaired) electrons. The Morgan fingerprint density at radius 2 is 1.83 bits per heavy atom. The normalized spacial score (nSPS) is 21.6. The number of fused-ring (bicyclic) bond motifs is 1. The maximum atomic E-state index is 13.8. The number of hydrogen-bond donors (Lipinski definition) is 3. The van der Waals surface area contributed by atoms with Gasteiger partial charge in [0.2, 0.25) is 6.79 Å². The number of nitrogens with one attached hydrogen (secondary N) is 3. The second-order valence-corrected chi connectivity index (χ2v) is 7.61. The number of carbonyl (C=O) groups excluding carboxylic acids is 1. The van der Waals surface area contributed by atoms with Crippen molar-refractivity contribution in [3.8, 4) is 11.5 Å². The fourth-order valence-electron chi connectivity index (χ4n) is 3.89. The molecular formula is C21H25F2N3O3+2. The molecule has 1 fully saturated rings. The smallest absolute Gasteiger partial charge is 0.282 e. The van der Waals surface area contributed by atoms with Crippen molar-refractivity contribution in [1.82, 2.24) is 0 Å². The molecule has 2 aliphatic heterocycles. The molecule has 2 aromatic carbocycles. The van der Waals surface area contributed by atoms with E-state index in [1.54, 1.807) is 0 Å². The zero-order valence-corrected chi connectivity index (χ0v) is 16.3. The highest BCUT2D eigenvalue weighted by molar-refractivity contribution is 5.93. The Balaban J connectivity index is 1.29. The molecule has 0 unspecified atom stereocenters. The first-order valence-corrected chi connectivity index (χ1v) is 9.82. The van der Waals surface area contributed by atoms with Gasteiger partial charge in [-0.3, -0.25) is 4.79 Å². The van der Waals surface area contributed by atoms with Crippen molar-refractivity contribution < 1.29 is 32.8 Å². The minimum absolute atomic E-state index is 0.00900. The molecule has 3 N–H and O–H groups in total. The summed E-state index contributed by atoms with van der Waals surface area (Å²) in [5.74, 6) is -0.107. The third-order valence-corrected chi connectivity index (χ3v) is 5.69.